The van der Waals surface area contributed by atoms with Crippen molar-refractivity contribution in [3.05, 3.63) is 47.8 Å². The van der Waals surface area contributed by atoms with Gasteiger partial charge in [-0.3, -0.25) is 4.68 Å². The first-order valence-electron chi connectivity index (χ1n) is 7.87. The predicted molar refractivity (Wildman–Crippen MR) is 89.4 cm³/mol. The van der Waals surface area contributed by atoms with Crippen LogP contribution >= 0.6 is 0 Å². The molecule has 122 valence electrons. The van der Waals surface area contributed by atoms with Crippen molar-refractivity contribution >= 4 is 12.6 Å². The van der Waals surface area contributed by atoms with Crippen molar-refractivity contribution in [2.45, 2.75) is 52.0 Å². The van der Waals surface area contributed by atoms with E-state index >= 15 is 0 Å². The molecule has 0 amide bonds. The fraction of sp³-hybridized carbons (Fsp3) is 0.471. The van der Waals surface area contributed by atoms with E-state index in [0.29, 0.717) is 6.54 Å². The molecule has 1 aliphatic heterocycles. The second-order valence-electron chi connectivity index (χ2n) is 7.04. The second-order valence-corrected chi connectivity index (χ2v) is 7.04. The molecule has 1 aromatic heterocycles. The maximum absolute atomic E-state index is 9.22. The highest BCUT2D eigenvalue weighted by molar-refractivity contribution is 6.61. The fourth-order valence-corrected chi connectivity index (χ4v) is 2.58. The monoisotopic (exact) mass is 314 g/mol. The van der Waals surface area contributed by atoms with Crippen LogP contribution in [0.5, 0.6) is 0 Å². The van der Waals surface area contributed by atoms with Crippen LogP contribution in [0.15, 0.2) is 36.7 Å². The summed E-state index contributed by atoms with van der Waals surface area (Å²) in [5, 5.41) is 13.6. The molecule has 0 radical (unpaired) electrons. The summed E-state index contributed by atoms with van der Waals surface area (Å²) < 4.78 is 13.9. The fourth-order valence-electron chi connectivity index (χ4n) is 2.58. The minimum absolute atomic E-state index is 0.0477. The largest absolute Gasteiger partial charge is 0.498 e. The van der Waals surface area contributed by atoms with E-state index in [9.17, 15) is 5.11 Å². The van der Waals surface area contributed by atoms with E-state index in [1.165, 1.54) is 0 Å². The molecule has 5 nitrogen and oxygen atoms in total. The van der Waals surface area contributed by atoms with Gasteiger partial charge in [0.05, 0.1) is 24.4 Å². The third kappa shape index (κ3) is 3.20. The third-order valence-corrected chi connectivity index (χ3v) is 4.70. The molecule has 1 saturated heterocycles. The third-order valence-electron chi connectivity index (χ3n) is 4.70. The van der Waals surface area contributed by atoms with Crippen molar-refractivity contribution in [3.63, 3.8) is 0 Å². The van der Waals surface area contributed by atoms with E-state index in [1.807, 2.05) is 62.8 Å². The summed E-state index contributed by atoms with van der Waals surface area (Å²) in [4.78, 5) is 0. The molecule has 1 aromatic carbocycles. The molecule has 3 rings (SSSR count). The summed E-state index contributed by atoms with van der Waals surface area (Å²) in [6.07, 6.45) is 3.74. The van der Waals surface area contributed by atoms with Crippen LogP contribution in [0.25, 0.3) is 0 Å². The van der Waals surface area contributed by atoms with E-state index in [2.05, 4.69) is 5.10 Å². The van der Waals surface area contributed by atoms with Crippen LogP contribution in [0, 0.1) is 0 Å². The maximum Gasteiger partial charge on any atom is 0.498 e. The molecule has 0 aliphatic carbocycles. The Morgan fingerprint density at radius 3 is 2.43 bits per heavy atom. The smallest absolute Gasteiger partial charge is 0.399 e. The average molecular weight is 314 g/mol. The van der Waals surface area contributed by atoms with Gasteiger partial charge in [-0.15, -0.1) is 0 Å². The first-order valence-corrected chi connectivity index (χ1v) is 7.87. The minimum atomic E-state index is -0.391. The summed E-state index contributed by atoms with van der Waals surface area (Å²) in [5.74, 6) is 0. The topological polar surface area (TPSA) is 56.5 Å². The lowest BCUT2D eigenvalue weighted by Gasteiger charge is -2.32. The molecule has 1 aliphatic rings. The van der Waals surface area contributed by atoms with Gasteiger partial charge in [0, 0.05) is 17.9 Å². The second kappa shape index (κ2) is 5.78. The number of aromatic nitrogens is 2. The van der Waals surface area contributed by atoms with Gasteiger partial charge in [-0.05, 0) is 38.8 Å². The Labute approximate surface area is 137 Å². The quantitative estimate of drug-likeness (QED) is 0.873. The van der Waals surface area contributed by atoms with Crippen molar-refractivity contribution in [3.8, 4) is 0 Å². The molecule has 0 atom stereocenters. The molecule has 2 aromatic rings. The summed E-state index contributed by atoms with van der Waals surface area (Å²) in [7, 11) is -0.391. The number of aliphatic hydroxyl groups is 1. The molecule has 2 heterocycles. The van der Waals surface area contributed by atoms with Gasteiger partial charge in [0.25, 0.3) is 0 Å². The highest BCUT2D eigenvalue weighted by Gasteiger charge is 2.52. The van der Waals surface area contributed by atoms with Crippen molar-refractivity contribution in [2.75, 3.05) is 0 Å². The maximum atomic E-state index is 9.22. The highest BCUT2D eigenvalue weighted by Crippen LogP contribution is 2.36. The summed E-state index contributed by atoms with van der Waals surface area (Å²) >= 11 is 0. The van der Waals surface area contributed by atoms with Gasteiger partial charge >= 0.3 is 7.12 Å². The van der Waals surface area contributed by atoms with Crippen LogP contribution in [0.2, 0.25) is 0 Å². The number of benzene rings is 1. The average Bonchev–Trinajstić information content (AvgIpc) is 3.02. The zero-order valence-corrected chi connectivity index (χ0v) is 14.1. The van der Waals surface area contributed by atoms with Crippen LogP contribution in [-0.2, 0) is 22.5 Å². The van der Waals surface area contributed by atoms with Gasteiger partial charge in [0.15, 0.2) is 0 Å². The molecule has 0 unspecified atom stereocenters. The number of rotatable bonds is 4. The Hall–Kier alpha value is -1.63. The Morgan fingerprint density at radius 2 is 1.78 bits per heavy atom. The van der Waals surface area contributed by atoms with Crippen LogP contribution in [0.3, 0.4) is 0 Å². The van der Waals surface area contributed by atoms with E-state index < -0.39 is 7.12 Å². The van der Waals surface area contributed by atoms with Gasteiger partial charge in [-0.2, -0.15) is 5.10 Å². The van der Waals surface area contributed by atoms with E-state index in [-0.39, 0.29) is 17.8 Å². The van der Waals surface area contributed by atoms with Crippen molar-refractivity contribution < 1.29 is 14.4 Å². The number of aliphatic hydroxyl groups excluding tert-OH is 1. The minimum Gasteiger partial charge on any atom is -0.399 e. The lowest BCUT2D eigenvalue weighted by atomic mass is 9.82. The molecular weight excluding hydrogens is 291 g/mol. The van der Waals surface area contributed by atoms with Crippen LogP contribution in [0.4, 0.5) is 0 Å². The normalized spacial score (nSPS) is 19.3. The van der Waals surface area contributed by atoms with Crippen molar-refractivity contribution in [1.29, 1.82) is 0 Å². The molecule has 1 N–H and O–H groups in total. The highest BCUT2D eigenvalue weighted by atomic mass is 16.7. The van der Waals surface area contributed by atoms with Crippen LogP contribution in [0.1, 0.15) is 38.8 Å². The zero-order chi connectivity index (χ0) is 16.7. The van der Waals surface area contributed by atoms with Gasteiger partial charge in [0.1, 0.15) is 0 Å². The standard InChI is InChI=1S/C17H23BN2O3/c1-16(2)17(3,4)23-18(22-16)15-9-19-20(11-15)10-13-6-5-7-14(8-13)12-21/h5-9,11,21H,10,12H2,1-4H3. The zero-order valence-electron chi connectivity index (χ0n) is 14.1. The van der Waals surface area contributed by atoms with E-state index in [1.54, 1.807) is 6.20 Å². The SMILES string of the molecule is CC1(C)OB(c2cnn(Cc3cccc(CO)c3)c2)OC1(C)C. The number of hydrogen-bond acceptors (Lipinski definition) is 4. The lowest BCUT2D eigenvalue weighted by Crippen LogP contribution is -2.41. The Morgan fingerprint density at radius 1 is 1.13 bits per heavy atom. The molecule has 23 heavy (non-hydrogen) atoms. The summed E-state index contributed by atoms with van der Waals surface area (Å²) in [6.45, 7) is 8.85. The molecule has 0 saturated carbocycles. The summed E-state index contributed by atoms with van der Waals surface area (Å²) in [5.41, 5.74) is 2.22. The molecule has 1 fully saturated rings. The molecule has 0 bridgehead atoms. The number of nitrogens with zero attached hydrogens (tertiary/aromatic N) is 2. The van der Waals surface area contributed by atoms with Crippen LogP contribution < -0.4 is 5.46 Å². The van der Waals surface area contributed by atoms with E-state index in [4.69, 9.17) is 9.31 Å². The predicted octanol–water partition coefficient (Wildman–Crippen LogP) is 1.72. The van der Waals surface area contributed by atoms with Gasteiger partial charge < -0.3 is 14.4 Å². The summed E-state index contributed by atoms with van der Waals surface area (Å²) in [6, 6.07) is 7.85. The Kier molecular flexibility index (Phi) is 4.08. The van der Waals surface area contributed by atoms with Crippen LogP contribution in [-0.4, -0.2) is 33.2 Å². The first kappa shape index (κ1) is 16.2. The Bertz CT molecular complexity index is 681. The molecule has 6 heteroatoms. The molecular formula is C17H23BN2O3. The van der Waals surface area contributed by atoms with Gasteiger partial charge in [-0.1, -0.05) is 24.3 Å². The van der Waals surface area contributed by atoms with Crippen molar-refractivity contribution in [1.82, 2.24) is 9.78 Å². The van der Waals surface area contributed by atoms with Crippen molar-refractivity contribution in [2.24, 2.45) is 0 Å². The van der Waals surface area contributed by atoms with E-state index in [0.717, 1.165) is 16.6 Å². The first-order chi connectivity index (χ1) is 10.8. The van der Waals surface area contributed by atoms with Gasteiger partial charge in [-0.25, -0.2) is 0 Å². The molecule has 0 spiro atoms. The lowest BCUT2D eigenvalue weighted by molar-refractivity contribution is 0.00578. The Balaban J connectivity index is 1.74. The number of hydrogen-bond donors (Lipinski definition) is 1. The van der Waals surface area contributed by atoms with Gasteiger partial charge in [0.2, 0.25) is 0 Å².